The van der Waals surface area contributed by atoms with Crippen molar-refractivity contribution >= 4 is 0 Å². The zero-order valence-corrected chi connectivity index (χ0v) is 11.7. The zero-order chi connectivity index (χ0) is 14.0. The van der Waals surface area contributed by atoms with Gasteiger partial charge in [-0.2, -0.15) is 0 Å². The average Bonchev–Trinajstić information content (AvgIpc) is 2.35. The number of hydrogen-bond acceptors (Lipinski definition) is 1. The second kappa shape index (κ2) is 5.14. The average molecular weight is 257 g/mol. The first kappa shape index (κ1) is 13.8. The van der Waals surface area contributed by atoms with Crippen molar-refractivity contribution in [1.29, 1.82) is 0 Å². The first-order chi connectivity index (χ1) is 8.90. The van der Waals surface area contributed by atoms with Crippen LogP contribution in [0.1, 0.15) is 29.2 Å². The predicted octanol–water partition coefficient (Wildman–Crippen LogP) is 3.86. The van der Waals surface area contributed by atoms with E-state index in [0.29, 0.717) is 6.42 Å². The molecule has 0 aliphatic rings. The number of aryl methyl sites for hydroxylation is 1. The molecule has 2 aromatic rings. The maximum atomic E-state index is 12.9. The molecule has 1 nitrogen and oxygen atoms in total. The minimum Gasteiger partial charge on any atom is -0.321 e. The molecule has 0 saturated carbocycles. The van der Waals surface area contributed by atoms with Crippen LogP contribution in [-0.4, -0.2) is 0 Å². The standard InChI is InChI=1S/C17H20FN/c1-12-5-4-6-16(13(12)2)17(3,19)11-14-7-9-15(18)10-8-14/h4-10H,11,19H2,1-3H3. The summed E-state index contributed by atoms with van der Waals surface area (Å²) in [6.45, 7) is 6.21. The highest BCUT2D eigenvalue weighted by Crippen LogP contribution is 2.27. The molecular weight excluding hydrogens is 237 g/mol. The molecule has 0 amide bonds. The zero-order valence-electron chi connectivity index (χ0n) is 11.7. The van der Waals surface area contributed by atoms with Crippen LogP contribution in [0, 0.1) is 19.7 Å². The lowest BCUT2D eigenvalue weighted by Gasteiger charge is -2.28. The van der Waals surface area contributed by atoms with Crippen molar-refractivity contribution in [3.63, 3.8) is 0 Å². The van der Waals surface area contributed by atoms with Crippen LogP contribution < -0.4 is 5.73 Å². The topological polar surface area (TPSA) is 26.0 Å². The van der Waals surface area contributed by atoms with Crippen molar-refractivity contribution < 1.29 is 4.39 Å². The van der Waals surface area contributed by atoms with Gasteiger partial charge in [-0.25, -0.2) is 4.39 Å². The summed E-state index contributed by atoms with van der Waals surface area (Å²) in [6, 6.07) is 12.8. The lowest BCUT2D eigenvalue weighted by atomic mass is 9.83. The van der Waals surface area contributed by atoms with Gasteiger partial charge in [0, 0.05) is 5.54 Å². The number of nitrogens with two attached hydrogens (primary N) is 1. The van der Waals surface area contributed by atoms with E-state index in [9.17, 15) is 4.39 Å². The van der Waals surface area contributed by atoms with Gasteiger partial charge in [0.25, 0.3) is 0 Å². The first-order valence-electron chi connectivity index (χ1n) is 6.50. The van der Waals surface area contributed by atoms with Crippen molar-refractivity contribution in [1.82, 2.24) is 0 Å². The highest BCUT2D eigenvalue weighted by Gasteiger charge is 2.23. The largest absolute Gasteiger partial charge is 0.321 e. The van der Waals surface area contributed by atoms with Gasteiger partial charge in [-0.05, 0) is 61.6 Å². The molecule has 1 unspecified atom stereocenters. The fourth-order valence-corrected chi connectivity index (χ4v) is 2.49. The minimum atomic E-state index is -0.450. The highest BCUT2D eigenvalue weighted by molar-refractivity contribution is 5.38. The van der Waals surface area contributed by atoms with Gasteiger partial charge < -0.3 is 5.73 Å². The Morgan fingerprint density at radius 2 is 1.68 bits per heavy atom. The van der Waals surface area contributed by atoms with Crippen LogP contribution in [0.25, 0.3) is 0 Å². The maximum absolute atomic E-state index is 12.9. The van der Waals surface area contributed by atoms with E-state index in [0.717, 1.165) is 11.1 Å². The van der Waals surface area contributed by atoms with Gasteiger partial charge in [-0.3, -0.25) is 0 Å². The monoisotopic (exact) mass is 257 g/mol. The third kappa shape index (κ3) is 3.02. The SMILES string of the molecule is Cc1cccc(C(C)(N)Cc2ccc(F)cc2)c1C. The van der Waals surface area contributed by atoms with Crippen LogP contribution >= 0.6 is 0 Å². The summed E-state index contributed by atoms with van der Waals surface area (Å²) < 4.78 is 12.9. The molecular formula is C17H20FN. The van der Waals surface area contributed by atoms with Crippen molar-refractivity contribution in [2.45, 2.75) is 32.7 Å². The van der Waals surface area contributed by atoms with Gasteiger partial charge in [0.2, 0.25) is 0 Å². The Kier molecular flexibility index (Phi) is 3.72. The predicted molar refractivity (Wildman–Crippen MR) is 77.6 cm³/mol. The van der Waals surface area contributed by atoms with Crippen LogP contribution in [0.5, 0.6) is 0 Å². The summed E-state index contributed by atoms with van der Waals surface area (Å²) in [4.78, 5) is 0. The minimum absolute atomic E-state index is 0.214. The van der Waals surface area contributed by atoms with Gasteiger partial charge >= 0.3 is 0 Å². The molecule has 19 heavy (non-hydrogen) atoms. The molecule has 0 aliphatic heterocycles. The molecule has 2 N–H and O–H groups in total. The molecule has 100 valence electrons. The third-order valence-electron chi connectivity index (χ3n) is 3.70. The molecule has 0 spiro atoms. The van der Waals surface area contributed by atoms with E-state index < -0.39 is 5.54 Å². The molecule has 0 heterocycles. The van der Waals surface area contributed by atoms with Gasteiger partial charge in [0.15, 0.2) is 0 Å². The smallest absolute Gasteiger partial charge is 0.123 e. The highest BCUT2D eigenvalue weighted by atomic mass is 19.1. The Morgan fingerprint density at radius 3 is 2.32 bits per heavy atom. The third-order valence-corrected chi connectivity index (χ3v) is 3.70. The molecule has 0 aromatic heterocycles. The van der Waals surface area contributed by atoms with Gasteiger partial charge in [0.05, 0.1) is 0 Å². The summed E-state index contributed by atoms with van der Waals surface area (Å²) in [5, 5.41) is 0. The number of rotatable bonds is 3. The first-order valence-corrected chi connectivity index (χ1v) is 6.50. The van der Waals surface area contributed by atoms with E-state index in [1.165, 1.54) is 23.3 Å². The molecule has 2 aromatic carbocycles. The fourth-order valence-electron chi connectivity index (χ4n) is 2.49. The fraction of sp³-hybridized carbons (Fsp3) is 0.294. The van der Waals surface area contributed by atoms with Crippen LogP contribution in [0.2, 0.25) is 0 Å². The Bertz CT molecular complexity index is 570. The van der Waals surface area contributed by atoms with Crippen LogP contribution in [0.4, 0.5) is 4.39 Å². The number of hydrogen-bond donors (Lipinski definition) is 1. The van der Waals surface area contributed by atoms with Gasteiger partial charge in [-0.15, -0.1) is 0 Å². The Labute approximate surface area is 114 Å². The molecule has 2 heteroatoms. The molecule has 2 rings (SSSR count). The Hall–Kier alpha value is -1.67. The van der Waals surface area contributed by atoms with Gasteiger partial charge in [0.1, 0.15) is 5.82 Å². The summed E-state index contributed by atoms with van der Waals surface area (Å²) in [6.07, 6.45) is 0.692. The lowest BCUT2D eigenvalue weighted by Crippen LogP contribution is -2.36. The van der Waals surface area contributed by atoms with E-state index in [1.807, 2.05) is 13.0 Å². The summed E-state index contributed by atoms with van der Waals surface area (Å²) in [5.74, 6) is -0.214. The summed E-state index contributed by atoms with van der Waals surface area (Å²) >= 11 is 0. The summed E-state index contributed by atoms with van der Waals surface area (Å²) in [7, 11) is 0. The number of benzene rings is 2. The van der Waals surface area contributed by atoms with E-state index in [2.05, 4.69) is 26.0 Å². The second-order valence-electron chi connectivity index (χ2n) is 5.47. The molecule has 0 bridgehead atoms. The Morgan fingerprint density at radius 1 is 1.05 bits per heavy atom. The quantitative estimate of drug-likeness (QED) is 0.887. The molecule has 0 radical (unpaired) electrons. The Balaban J connectivity index is 2.31. The normalized spacial score (nSPS) is 14.2. The van der Waals surface area contributed by atoms with E-state index in [-0.39, 0.29) is 5.82 Å². The van der Waals surface area contributed by atoms with Crippen LogP contribution in [0.15, 0.2) is 42.5 Å². The maximum Gasteiger partial charge on any atom is 0.123 e. The summed E-state index contributed by atoms with van der Waals surface area (Å²) in [5.41, 5.74) is 10.7. The van der Waals surface area contributed by atoms with Crippen LogP contribution in [0.3, 0.4) is 0 Å². The lowest BCUT2D eigenvalue weighted by molar-refractivity contribution is 0.487. The second-order valence-corrected chi connectivity index (χ2v) is 5.47. The molecule has 1 atom stereocenters. The number of halogens is 1. The van der Waals surface area contributed by atoms with Crippen LogP contribution in [-0.2, 0) is 12.0 Å². The van der Waals surface area contributed by atoms with Crippen molar-refractivity contribution in [2.75, 3.05) is 0 Å². The van der Waals surface area contributed by atoms with Crippen molar-refractivity contribution in [3.8, 4) is 0 Å². The van der Waals surface area contributed by atoms with E-state index in [1.54, 1.807) is 12.1 Å². The molecule has 0 saturated heterocycles. The molecule has 0 fully saturated rings. The van der Waals surface area contributed by atoms with Gasteiger partial charge in [-0.1, -0.05) is 30.3 Å². The van der Waals surface area contributed by atoms with Crippen molar-refractivity contribution in [3.05, 3.63) is 70.5 Å². The van der Waals surface area contributed by atoms with E-state index in [4.69, 9.17) is 5.73 Å². The molecule has 0 aliphatic carbocycles. The van der Waals surface area contributed by atoms with E-state index >= 15 is 0 Å². The van der Waals surface area contributed by atoms with Crippen molar-refractivity contribution in [2.24, 2.45) is 5.73 Å².